The van der Waals surface area contributed by atoms with Gasteiger partial charge in [0.15, 0.2) is 0 Å². The zero-order chi connectivity index (χ0) is 18.4. The summed E-state index contributed by atoms with van der Waals surface area (Å²) in [5.74, 6) is 1.73. The van der Waals surface area contributed by atoms with E-state index in [-0.39, 0.29) is 12.3 Å². The van der Waals surface area contributed by atoms with Crippen LogP contribution in [0.4, 0.5) is 0 Å². The van der Waals surface area contributed by atoms with Crippen molar-refractivity contribution >= 4 is 33.0 Å². The standard InChI is InChI=1S/C21H17BrN2O2S/c1-25-19-9-8-13(11-15(19)22)21-24-17(14-5-2-3-6-18(14)26-21)12-16(23-24)20-7-4-10-27-20/h2-11,17,21H,12H2,1H3/t17-,21-/m0/s1. The summed E-state index contributed by atoms with van der Waals surface area (Å²) in [6.45, 7) is 0. The van der Waals surface area contributed by atoms with Crippen molar-refractivity contribution in [2.45, 2.75) is 18.7 Å². The maximum atomic E-state index is 6.39. The van der Waals surface area contributed by atoms with Crippen LogP contribution < -0.4 is 9.47 Å². The minimum Gasteiger partial charge on any atom is -0.496 e. The molecule has 1 aromatic heterocycles. The van der Waals surface area contributed by atoms with Gasteiger partial charge in [-0.05, 0) is 51.6 Å². The van der Waals surface area contributed by atoms with Crippen molar-refractivity contribution in [3.63, 3.8) is 0 Å². The van der Waals surface area contributed by atoms with Gasteiger partial charge < -0.3 is 9.47 Å². The Hall–Kier alpha value is -2.31. The molecule has 0 aliphatic carbocycles. The molecule has 2 aromatic carbocycles. The number of hydrogen-bond acceptors (Lipinski definition) is 5. The van der Waals surface area contributed by atoms with Gasteiger partial charge in [-0.25, -0.2) is 5.01 Å². The summed E-state index contributed by atoms with van der Waals surface area (Å²) in [5.41, 5.74) is 3.35. The molecule has 5 rings (SSSR count). The Bertz CT molecular complexity index is 1020. The van der Waals surface area contributed by atoms with Crippen LogP contribution >= 0.6 is 27.3 Å². The number of nitrogens with zero attached hydrogens (tertiary/aromatic N) is 2. The summed E-state index contributed by atoms with van der Waals surface area (Å²) in [6, 6.07) is 18.7. The average Bonchev–Trinajstić information content (AvgIpc) is 3.37. The topological polar surface area (TPSA) is 34.1 Å². The van der Waals surface area contributed by atoms with Crippen molar-refractivity contribution < 1.29 is 9.47 Å². The third-order valence-electron chi connectivity index (χ3n) is 4.97. The second kappa shape index (κ2) is 6.69. The predicted octanol–water partition coefficient (Wildman–Crippen LogP) is 5.76. The van der Waals surface area contributed by atoms with Gasteiger partial charge in [-0.15, -0.1) is 11.3 Å². The fourth-order valence-electron chi connectivity index (χ4n) is 3.68. The molecule has 0 unspecified atom stereocenters. The molecule has 0 saturated carbocycles. The number of hydrogen-bond donors (Lipinski definition) is 0. The van der Waals surface area contributed by atoms with Crippen LogP contribution in [0, 0.1) is 0 Å². The Morgan fingerprint density at radius 3 is 2.85 bits per heavy atom. The van der Waals surface area contributed by atoms with E-state index in [1.54, 1.807) is 18.4 Å². The van der Waals surface area contributed by atoms with Crippen molar-refractivity contribution in [2.75, 3.05) is 7.11 Å². The number of thiophene rings is 1. The van der Waals surface area contributed by atoms with Gasteiger partial charge in [0.2, 0.25) is 6.23 Å². The number of halogens is 1. The summed E-state index contributed by atoms with van der Waals surface area (Å²) in [6.07, 6.45) is 0.610. The summed E-state index contributed by atoms with van der Waals surface area (Å²) in [7, 11) is 1.67. The first-order valence-electron chi connectivity index (χ1n) is 8.73. The number of rotatable bonds is 3. The molecule has 27 heavy (non-hydrogen) atoms. The van der Waals surface area contributed by atoms with Crippen LogP contribution in [0.5, 0.6) is 11.5 Å². The van der Waals surface area contributed by atoms with E-state index in [1.807, 2.05) is 30.3 Å². The highest BCUT2D eigenvalue weighted by molar-refractivity contribution is 9.10. The third-order valence-corrected chi connectivity index (χ3v) is 6.50. The molecule has 0 saturated heterocycles. The Labute approximate surface area is 170 Å². The van der Waals surface area contributed by atoms with Crippen molar-refractivity contribution in [3.05, 3.63) is 80.5 Å². The molecule has 3 heterocycles. The van der Waals surface area contributed by atoms with Gasteiger partial charge in [-0.2, -0.15) is 5.10 Å². The van der Waals surface area contributed by atoms with E-state index in [1.165, 1.54) is 10.4 Å². The lowest BCUT2D eigenvalue weighted by atomic mass is 9.98. The van der Waals surface area contributed by atoms with E-state index in [0.29, 0.717) is 0 Å². The van der Waals surface area contributed by atoms with Crippen LogP contribution in [-0.2, 0) is 0 Å². The number of ether oxygens (including phenoxy) is 2. The average molecular weight is 441 g/mol. The summed E-state index contributed by atoms with van der Waals surface area (Å²) < 4.78 is 12.7. The smallest absolute Gasteiger partial charge is 0.213 e. The van der Waals surface area contributed by atoms with Gasteiger partial charge in [0, 0.05) is 17.5 Å². The van der Waals surface area contributed by atoms with Gasteiger partial charge in [0.25, 0.3) is 0 Å². The number of para-hydroxylation sites is 1. The highest BCUT2D eigenvalue weighted by atomic mass is 79.9. The van der Waals surface area contributed by atoms with Crippen LogP contribution in [0.15, 0.2) is 69.6 Å². The van der Waals surface area contributed by atoms with Crippen LogP contribution in [0.1, 0.15) is 34.7 Å². The molecule has 0 amide bonds. The minimum atomic E-state index is -0.274. The van der Waals surface area contributed by atoms with Crippen molar-refractivity contribution in [1.29, 1.82) is 0 Å². The summed E-state index contributed by atoms with van der Waals surface area (Å²) in [5, 5.41) is 9.17. The molecule has 0 N–H and O–H groups in total. The maximum absolute atomic E-state index is 6.39. The van der Waals surface area contributed by atoms with Crippen LogP contribution in [0.25, 0.3) is 0 Å². The highest BCUT2D eigenvalue weighted by Crippen LogP contribution is 2.48. The second-order valence-corrected chi connectivity index (χ2v) is 8.33. The SMILES string of the molecule is COc1ccc([C@@H]2Oc3ccccc3[C@@H]3CC(c4cccs4)=NN32)cc1Br. The first-order chi connectivity index (χ1) is 13.2. The second-order valence-electron chi connectivity index (χ2n) is 6.53. The fourth-order valence-corrected chi connectivity index (χ4v) is 4.96. The first-order valence-corrected chi connectivity index (χ1v) is 10.4. The van der Waals surface area contributed by atoms with Gasteiger partial charge in [-0.3, -0.25) is 0 Å². The lowest BCUT2D eigenvalue weighted by Crippen LogP contribution is -2.33. The summed E-state index contributed by atoms with van der Waals surface area (Å²) in [4.78, 5) is 1.22. The molecule has 136 valence electrons. The Kier molecular flexibility index (Phi) is 4.17. The molecule has 2 aliphatic heterocycles. The van der Waals surface area contributed by atoms with Crippen molar-refractivity contribution in [2.24, 2.45) is 5.10 Å². The minimum absolute atomic E-state index is 0.179. The Balaban J connectivity index is 1.59. The monoisotopic (exact) mass is 440 g/mol. The molecular weight excluding hydrogens is 424 g/mol. The van der Waals surface area contributed by atoms with Gasteiger partial charge in [-0.1, -0.05) is 24.3 Å². The third kappa shape index (κ3) is 2.84. The lowest BCUT2D eigenvalue weighted by molar-refractivity contribution is -0.0190. The van der Waals surface area contributed by atoms with E-state index in [4.69, 9.17) is 14.6 Å². The molecule has 0 fully saturated rings. The molecule has 0 spiro atoms. The zero-order valence-corrected chi connectivity index (χ0v) is 17.0. The van der Waals surface area contributed by atoms with Crippen LogP contribution in [-0.4, -0.2) is 17.8 Å². The van der Waals surface area contributed by atoms with Crippen molar-refractivity contribution in [3.8, 4) is 11.5 Å². The molecule has 6 heteroatoms. The molecule has 0 radical (unpaired) electrons. The summed E-state index contributed by atoms with van der Waals surface area (Å²) >= 11 is 5.32. The zero-order valence-electron chi connectivity index (χ0n) is 14.6. The molecule has 2 aliphatic rings. The van der Waals surface area contributed by atoms with Gasteiger partial charge in [0.05, 0.1) is 28.2 Å². The maximum Gasteiger partial charge on any atom is 0.213 e. The molecular formula is C21H17BrN2O2S. The largest absolute Gasteiger partial charge is 0.496 e. The highest BCUT2D eigenvalue weighted by Gasteiger charge is 2.41. The predicted molar refractivity (Wildman–Crippen MR) is 111 cm³/mol. The van der Waals surface area contributed by atoms with E-state index in [9.17, 15) is 0 Å². The van der Waals surface area contributed by atoms with E-state index < -0.39 is 0 Å². The number of hydrazone groups is 1. The van der Waals surface area contributed by atoms with Crippen molar-refractivity contribution in [1.82, 2.24) is 5.01 Å². The molecule has 2 atom stereocenters. The van der Waals surface area contributed by atoms with Gasteiger partial charge in [0.1, 0.15) is 11.5 Å². The van der Waals surface area contributed by atoms with Crippen LogP contribution in [0.2, 0.25) is 0 Å². The number of benzene rings is 2. The molecule has 3 aromatic rings. The number of methoxy groups -OCH3 is 1. The fraction of sp³-hybridized carbons (Fsp3) is 0.190. The van der Waals surface area contributed by atoms with Gasteiger partial charge >= 0.3 is 0 Å². The normalized spacial score (nSPS) is 20.5. The Morgan fingerprint density at radius 1 is 1.19 bits per heavy atom. The number of fused-ring (bicyclic) bond motifs is 3. The molecule has 4 nitrogen and oxygen atoms in total. The van der Waals surface area contributed by atoms with E-state index in [2.05, 4.69) is 50.6 Å². The first kappa shape index (κ1) is 16.8. The van der Waals surface area contributed by atoms with Crippen LogP contribution in [0.3, 0.4) is 0 Å². The molecule has 0 bridgehead atoms. The lowest BCUT2D eigenvalue weighted by Gasteiger charge is -2.38. The van der Waals surface area contributed by atoms with E-state index >= 15 is 0 Å². The quantitative estimate of drug-likeness (QED) is 0.518. The van der Waals surface area contributed by atoms with E-state index in [0.717, 1.165) is 33.7 Å². The Morgan fingerprint density at radius 2 is 2.07 bits per heavy atom.